The number of methoxy groups -OCH3 is 2. The monoisotopic (exact) mass is 578 g/mol. The van der Waals surface area contributed by atoms with E-state index < -0.39 is 0 Å². The fraction of sp³-hybridized carbons (Fsp3) is 0.618. The van der Waals surface area contributed by atoms with Crippen molar-refractivity contribution in [3.8, 4) is 23.0 Å². The number of carbonyl (C=O) groups is 1. The first-order chi connectivity index (χ1) is 19.1. The van der Waals surface area contributed by atoms with Crippen LogP contribution < -0.4 is 9.47 Å². The van der Waals surface area contributed by atoms with Crippen molar-refractivity contribution in [2.45, 2.75) is 119 Å². The number of benzene rings is 2. The minimum Gasteiger partial charge on any atom is -0.504 e. The molecule has 0 spiro atoms. The molecule has 3 atom stereocenters. The lowest BCUT2D eigenvalue weighted by Gasteiger charge is -2.17. The van der Waals surface area contributed by atoms with Crippen LogP contribution >= 0.6 is 0 Å². The Balaban J connectivity index is 0. The summed E-state index contributed by atoms with van der Waals surface area (Å²) in [5, 5.41) is 18.2. The second-order valence-corrected chi connectivity index (χ2v) is 10.9. The highest BCUT2D eigenvalue weighted by Crippen LogP contribution is 2.31. The van der Waals surface area contributed by atoms with E-state index in [1.165, 1.54) is 18.6 Å². The molecule has 0 bridgehead atoms. The van der Waals surface area contributed by atoms with Crippen LogP contribution in [0.5, 0.6) is 23.0 Å². The third-order valence-electron chi connectivity index (χ3n) is 6.25. The molecule has 0 aliphatic heterocycles. The zero-order valence-corrected chi connectivity index (χ0v) is 28.0. The summed E-state index contributed by atoms with van der Waals surface area (Å²) in [6.07, 6.45) is 3.73. The Labute approximate surface area is 250 Å². The summed E-state index contributed by atoms with van der Waals surface area (Å²) in [5.74, 6) is 2.28. The van der Waals surface area contributed by atoms with Crippen molar-refractivity contribution in [1.29, 1.82) is 0 Å². The molecule has 2 N–H and O–H groups in total. The predicted molar refractivity (Wildman–Crippen MR) is 170 cm³/mol. The zero-order chi connectivity index (χ0) is 32.2. The Morgan fingerprint density at radius 2 is 1.24 bits per heavy atom. The lowest BCUT2D eigenvalue weighted by atomic mass is 9.98. The van der Waals surface area contributed by atoms with Gasteiger partial charge in [0, 0.05) is 13.5 Å². The molecule has 0 aromatic heterocycles. The van der Waals surface area contributed by atoms with E-state index in [2.05, 4.69) is 47.6 Å². The standard InChI is InChI=1S/C12H18O2.C10H14O2.C6H12O2.C6H14O/c1-5-9(2)10-6-7-11(13-3)12(8-10)14-4;1-3-7(2)8-4-5-9(11)10(12)6-8;1-5(7)8-6(2,3)4;1-4-6(3)7-5-2/h6-9H,5H2,1-4H3;4-7,11-12H,3H2,1-2H3;1-4H3;6H,4-5H2,1-3H3. The topological polar surface area (TPSA) is 94.5 Å². The molecular weight excluding hydrogens is 520 g/mol. The molecule has 7 nitrogen and oxygen atoms in total. The highest BCUT2D eigenvalue weighted by molar-refractivity contribution is 5.66. The number of esters is 1. The van der Waals surface area contributed by atoms with Gasteiger partial charge in [0.2, 0.25) is 0 Å². The largest absolute Gasteiger partial charge is 0.504 e. The summed E-state index contributed by atoms with van der Waals surface area (Å²) in [5.41, 5.74) is 2.03. The number of aromatic hydroxyl groups is 2. The molecule has 2 aromatic carbocycles. The maximum atomic E-state index is 10.2. The van der Waals surface area contributed by atoms with Gasteiger partial charge in [-0.25, -0.2) is 0 Å². The lowest BCUT2D eigenvalue weighted by Crippen LogP contribution is -2.21. The van der Waals surface area contributed by atoms with E-state index in [0.29, 0.717) is 17.9 Å². The molecule has 41 heavy (non-hydrogen) atoms. The van der Waals surface area contributed by atoms with Crippen molar-refractivity contribution in [3.05, 3.63) is 47.5 Å². The maximum Gasteiger partial charge on any atom is 0.303 e. The number of phenolic OH excluding ortho intramolecular Hbond substituents is 2. The van der Waals surface area contributed by atoms with E-state index in [9.17, 15) is 9.90 Å². The van der Waals surface area contributed by atoms with E-state index in [4.69, 9.17) is 24.1 Å². The van der Waals surface area contributed by atoms with Crippen molar-refractivity contribution < 1.29 is 34.0 Å². The molecule has 2 rings (SSSR count). The Morgan fingerprint density at radius 3 is 1.56 bits per heavy atom. The fourth-order valence-corrected chi connectivity index (χ4v) is 3.31. The number of phenols is 2. The van der Waals surface area contributed by atoms with Crippen LogP contribution in [0, 0.1) is 0 Å². The normalized spacial score (nSPS) is 12.5. The number of rotatable bonds is 9. The molecule has 3 unspecified atom stereocenters. The molecule has 2 aromatic rings. The van der Waals surface area contributed by atoms with Crippen molar-refractivity contribution >= 4 is 5.97 Å². The van der Waals surface area contributed by atoms with E-state index >= 15 is 0 Å². The second kappa shape index (κ2) is 21.8. The zero-order valence-electron chi connectivity index (χ0n) is 28.0. The number of carbonyl (C=O) groups excluding carboxylic acids is 1. The smallest absolute Gasteiger partial charge is 0.303 e. The number of ether oxygens (including phenoxy) is 4. The third-order valence-corrected chi connectivity index (χ3v) is 6.25. The Bertz CT molecular complexity index is 966. The van der Waals surface area contributed by atoms with E-state index in [0.717, 1.165) is 42.9 Å². The van der Waals surface area contributed by atoms with Gasteiger partial charge in [0.1, 0.15) is 5.60 Å². The van der Waals surface area contributed by atoms with Gasteiger partial charge >= 0.3 is 5.97 Å². The molecule has 0 saturated carbocycles. The lowest BCUT2D eigenvalue weighted by molar-refractivity contribution is -0.151. The molecule has 0 heterocycles. The van der Waals surface area contributed by atoms with Crippen molar-refractivity contribution in [1.82, 2.24) is 0 Å². The van der Waals surface area contributed by atoms with Crippen LogP contribution in [0.15, 0.2) is 36.4 Å². The first kappa shape index (κ1) is 40.2. The summed E-state index contributed by atoms with van der Waals surface area (Å²) in [6, 6.07) is 11.1. The quantitative estimate of drug-likeness (QED) is 0.226. The maximum absolute atomic E-state index is 10.2. The van der Waals surface area contributed by atoms with Crippen LogP contribution in [-0.2, 0) is 14.3 Å². The fourth-order valence-electron chi connectivity index (χ4n) is 3.31. The first-order valence-corrected chi connectivity index (χ1v) is 14.6. The Kier molecular flexibility index (Phi) is 21.3. The summed E-state index contributed by atoms with van der Waals surface area (Å²) in [4.78, 5) is 10.2. The van der Waals surface area contributed by atoms with Gasteiger partial charge in [-0.1, -0.05) is 46.8 Å². The van der Waals surface area contributed by atoms with Crippen LogP contribution in [0.25, 0.3) is 0 Å². The van der Waals surface area contributed by atoms with Gasteiger partial charge < -0.3 is 29.2 Å². The molecular formula is C34H58O7. The SMILES string of the molecule is CC(=O)OC(C)(C)C.CCC(C)c1ccc(O)c(O)c1.CCC(C)c1ccc(OC)c(OC)c1.CCOC(C)CC. The summed E-state index contributed by atoms with van der Waals surface area (Å²) in [6.45, 7) is 22.6. The average Bonchev–Trinajstić information content (AvgIpc) is 2.92. The summed E-state index contributed by atoms with van der Waals surface area (Å²) >= 11 is 0. The molecule has 0 aliphatic rings. The van der Waals surface area contributed by atoms with Gasteiger partial charge in [-0.3, -0.25) is 4.79 Å². The van der Waals surface area contributed by atoms with Crippen LogP contribution in [0.4, 0.5) is 0 Å². The van der Waals surface area contributed by atoms with Crippen molar-refractivity contribution in [3.63, 3.8) is 0 Å². The highest BCUT2D eigenvalue weighted by atomic mass is 16.6. The first-order valence-electron chi connectivity index (χ1n) is 14.6. The third kappa shape index (κ3) is 18.9. The molecule has 0 fully saturated rings. The highest BCUT2D eigenvalue weighted by Gasteiger charge is 2.12. The molecule has 236 valence electrons. The predicted octanol–water partition coefficient (Wildman–Crippen LogP) is 9.00. The van der Waals surface area contributed by atoms with Gasteiger partial charge in [-0.15, -0.1) is 0 Å². The molecule has 7 heteroatoms. The second-order valence-electron chi connectivity index (χ2n) is 10.9. The number of hydrogen-bond donors (Lipinski definition) is 2. The van der Waals surface area contributed by atoms with Gasteiger partial charge in [-0.2, -0.15) is 0 Å². The minimum atomic E-state index is -0.328. The van der Waals surface area contributed by atoms with E-state index in [1.807, 2.05) is 45.9 Å². The van der Waals surface area contributed by atoms with Crippen LogP contribution in [-0.4, -0.2) is 48.7 Å². The van der Waals surface area contributed by atoms with Gasteiger partial charge in [0.05, 0.1) is 20.3 Å². The average molecular weight is 579 g/mol. The Morgan fingerprint density at radius 1 is 0.756 bits per heavy atom. The van der Waals surface area contributed by atoms with Crippen molar-refractivity contribution in [2.75, 3.05) is 20.8 Å². The summed E-state index contributed by atoms with van der Waals surface area (Å²) in [7, 11) is 3.32. The number of hydrogen-bond acceptors (Lipinski definition) is 7. The minimum absolute atomic E-state index is 0.0344. The van der Waals surface area contributed by atoms with Crippen LogP contribution in [0.2, 0.25) is 0 Å². The summed E-state index contributed by atoms with van der Waals surface area (Å²) < 4.78 is 20.4. The van der Waals surface area contributed by atoms with Gasteiger partial charge in [0.15, 0.2) is 23.0 Å². The molecule has 0 saturated heterocycles. The molecule has 0 radical (unpaired) electrons. The molecule has 0 amide bonds. The van der Waals surface area contributed by atoms with Gasteiger partial charge in [-0.05, 0) is 101 Å². The van der Waals surface area contributed by atoms with E-state index in [1.54, 1.807) is 20.3 Å². The van der Waals surface area contributed by atoms with Crippen LogP contribution in [0.1, 0.15) is 118 Å². The van der Waals surface area contributed by atoms with Crippen LogP contribution in [0.3, 0.4) is 0 Å². The van der Waals surface area contributed by atoms with Gasteiger partial charge in [0.25, 0.3) is 0 Å². The van der Waals surface area contributed by atoms with E-state index in [-0.39, 0.29) is 23.1 Å². The Hall–Kier alpha value is -2.93. The molecule has 0 aliphatic carbocycles. The van der Waals surface area contributed by atoms with Crippen molar-refractivity contribution in [2.24, 2.45) is 0 Å².